The van der Waals surface area contributed by atoms with E-state index in [9.17, 15) is 9.59 Å². The lowest BCUT2D eigenvalue weighted by Gasteiger charge is -2.36. The highest BCUT2D eigenvalue weighted by molar-refractivity contribution is 9.10. The van der Waals surface area contributed by atoms with E-state index in [1.807, 2.05) is 52.3 Å². The molecule has 0 bridgehead atoms. The van der Waals surface area contributed by atoms with Crippen molar-refractivity contribution >= 4 is 39.1 Å². The second kappa shape index (κ2) is 9.02. The first kappa shape index (κ1) is 20.6. The van der Waals surface area contributed by atoms with Crippen LogP contribution in [0.25, 0.3) is 5.69 Å². The van der Waals surface area contributed by atoms with Crippen LogP contribution in [0, 0.1) is 0 Å². The van der Waals surface area contributed by atoms with Gasteiger partial charge in [0.1, 0.15) is 5.02 Å². The molecule has 1 aromatic heterocycles. The Morgan fingerprint density at radius 1 is 1.00 bits per heavy atom. The van der Waals surface area contributed by atoms with Crippen LogP contribution in [0.4, 0.5) is 5.69 Å². The van der Waals surface area contributed by atoms with E-state index >= 15 is 0 Å². The van der Waals surface area contributed by atoms with Gasteiger partial charge in [0.25, 0.3) is 5.56 Å². The fourth-order valence-corrected chi connectivity index (χ4v) is 4.00. The van der Waals surface area contributed by atoms with Gasteiger partial charge in [-0.25, -0.2) is 0 Å². The minimum absolute atomic E-state index is 0.0979. The predicted molar refractivity (Wildman–Crippen MR) is 121 cm³/mol. The van der Waals surface area contributed by atoms with Gasteiger partial charge in [0, 0.05) is 30.7 Å². The van der Waals surface area contributed by atoms with Gasteiger partial charge in [-0.2, -0.15) is 9.78 Å². The van der Waals surface area contributed by atoms with Crippen LogP contribution in [0.5, 0.6) is 0 Å². The molecule has 1 amide bonds. The van der Waals surface area contributed by atoms with Crippen LogP contribution < -0.4 is 10.5 Å². The number of carbonyl (C=O) groups excluding carboxylic acids is 1. The molecule has 6 nitrogen and oxygen atoms in total. The maximum absolute atomic E-state index is 12.7. The largest absolute Gasteiger partial charge is 0.365 e. The molecule has 0 aliphatic carbocycles. The number of rotatable bonds is 4. The summed E-state index contributed by atoms with van der Waals surface area (Å²) in [5.74, 6) is 0.0979. The van der Waals surface area contributed by atoms with Crippen LogP contribution in [0.1, 0.15) is 5.56 Å². The smallest absolute Gasteiger partial charge is 0.292 e. The lowest BCUT2D eigenvalue weighted by atomic mass is 10.1. The number of piperazine rings is 1. The summed E-state index contributed by atoms with van der Waals surface area (Å²) in [6.07, 6.45) is 2.00. The molecule has 2 heterocycles. The molecular formula is C22H20BrClN4O2. The van der Waals surface area contributed by atoms with Crippen LogP contribution in [-0.4, -0.2) is 46.8 Å². The van der Waals surface area contributed by atoms with E-state index < -0.39 is 0 Å². The van der Waals surface area contributed by atoms with Gasteiger partial charge in [-0.3, -0.25) is 9.59 Å². The Bertz CT molecular complexity index is 1090. The first-order valence-electron chi connectivity index (χ1n) is 9.63. The molecule has 0 spiro atoms. The van der Waals surface area contributed by atoms with Crippen molar-refractivity contribution in [2.45, 2.75) is 6.42 Å². The van der Waals surface area contributed by atoms with E-state index in [2.05, 4.69) is 21.0 Å². The molecule has 154 valence electrons. The number of carbonyl (C=O) groups is 1. The van der Waals surface area contributed by atoms with E-state index in [0.717, 1.165) is 10.0 Å². The summed E-state index contributed by atoms with van der Waals surface area (Å²) >= 11 is 9.81. The number of para-hydroxylation sites is 1. The summed E-state index contributed by atoms with van der Waals surface area (Å²) in [6.45, 7) is 2.35. The minimum atomic E-state index is -0.353. The number of hydrogen-bond acceptors (Lipinski definition) is 4. The Labute approximate surface area is 187 Å². The summed E-state index contributed by atoms with van der Waals surface area (Å²) in [5.41, 5.74) is 1.91. The highest BCUT2D eigenvalue weighted by Crippen LogP contribution is 2.23. The normalized spacial score (nSPS) is 14.1. The number of benzene rings is 2. The molecule has 1 saturated heterocycles. The third-order valence-electron chi connectivity index (χ3n) is 5.14. The molecule has 2 aromatic carbocycles. The molecule has 30 heavy (non-hydrogen) atoms. The lowest BCUT2D eigenvalue weighted by Crippen LogP contribution is -2.49. The van der Waals surface area contributed by atoms with E-state index in [1.165, 1.54) is 4.68 Å². The molecule has 8 heteroatoms. The summed E-state index contributed by atoms with van der Waals surface area (Å²) in [7, 11) is 0. The Kier molecular flexibility index (Phi) is 6.20. The molecule has 0 radical (unpaired) electrons. The standard InChI is InChI=1S/C22H20BrClN4O2/c23-17-8-6-16(7-9-17)14-20(29)27-12-10-26(11-13-27)19-15-25-28(22(30)21(19)24)18-4-2-1-3-5-18/h1-9,15H,10-14H2. The lowest BCUT2D eigenvalue weighted by molar-refractivity contribution is -0.130. The van der Waals surface area contributed by atoms with Crippen LogP contribution in [0.2, 0.25) is 5.02 Å². The monoisotopic (exact) mass is 486 g/mol. The molecule has 0 N–H and O–H groups in total. The number of hydrogen-bond donors (Lipinski definition) is 0. The van der Waals surface area contributed by atoms with Crippen molar-refractivity contribution < 1.29 is 4.79 Å². The first-order chi connectivity index (χ1) is 14.5. The molecule has 0 unspecified atom stereocenters. The van der Waals surface area contributed by atoms with Crippen LogP contribution in [-0.2, 0) is 11.2 Å². The van der Waals surface area contributed by atoms with Crippen LogP contribution in [0.15, 0.2) is 70.1 Å². The van der Waals surface area contributed by atoms with Gasteiger partial charge in [0.15, 0.2) is 0 Å². The number of anilines is 1. The second-order valence-corrected chi connectivity index (χ2v) is 8.36. The Morgan fingerprint density at radius 2 is 1.67 bits per heavy atom. The van der Waals surface area contributed by atoms with E-state index in [-0.39, 0.29) is 16.5 Å². The highest BCUT2D eigenvalue weighted by atomic mass is 79.9. The van der Waals surface area contributed by atoms with Crippen molar-refractivity contribution in [1.82, 2.24) is 14.7 Å². The fourth-order valence-electron chi connectivity index (χ4n) is 3.48. The molecule has 1 aliphatic rings. The molecule has 0 atom stereocenters. The number of halogens is 2. The maximum atomic E-state index is 12.7. The summed E-state index contributed by atoms with van der Waals surface area (Å²) in [4.78, 5) is 29.2. The molecule has 4 rings (SSSR count). The van der Waals surface area contributed by atoms with Crippen molar-refractivity contribution in [2.24, 2.45) is 0 Å². The average molecular weight is 488 g/mol. The van der Waals surface area contributed by atoms with Crippen LogP contribution in [0.3, 0.4) is 0 Å². The van der Waals surface area contributed by atoms with Crippen molar-refractivity contribution in [3.63, 3.8) is 0 Å². The number of amides is 1. The zero-order valence-electron chi connectivity index (χ0n) is 16.2. The fraction of sp³-hybridized carbons (Fsp3) is 0.227. The molecule has 1 fully saturated rings. The van der Waals surface area contributed by atoms with E-state index in [1.54, 1.807) is 18.3 Å². The SMILES string of the molecule is O=C(Cc1ccc(Br)cc1)N1CCN(c2cnn(-c3ccccc3)c(=O)c2Cl)CC1. The summed E-state index contributed by atoms with van der Waals surface area (Å²) in [5, 5.41) is 4.44. The zero-order chi connectivity index (χ0) is 21.1. The Balaban J connectivity index is 1.43. The van der Waals surface area contributed by atoms with E-state index in [0.29, 0.717) is 44.0 Å². The van der Waals surface area contributed by atoms with Gasteiger partial charge < -0.3 is 9.80 Å². The summed E-state index contributed by atoms with van der Waals surface area (Å²) < 4.78 is 2.29. The molecule has 3 aromatic rings. The first-order valence-corrected chi connectivity index (χ1v) is 10.8. The van der Waals surface area contributed by atoms with Gasteiger partial charge in [-0.05, 0) is 29.8 Å². The van der Waals surface area contributed by atoms with Crippen molar-refractivity contribution in [1.29, 1.82) is 0 Å². The Hall–Kier alpha value is -2.64. The highest BCUT2D eigenvalue weighted by Gasteiger charge is 2.24. The van der Waals surface area contributed by atoms with Gasteiger partial charge in [0.2, 0.25) is 5.91 Å². The Morgan fingerprint density at radius 3 is 2.33 bits per heavy atom. The van der Waals surface area contributed by atoms with Gasteiger partial charge in [-0.15, -0.1) is 0 Å². The third kappa shape index (κ3) is 4.42. The van der Waals surface area contributed by atoms with Crippen molar-refractivity contribution in [2.75, 3.05) is 31.1 Å². The topological polar surface area (TPSA) is 58.4 Å². The predicted octanol–water partition coefficient (Wildman–Crippen LogP) is 3.54. The van der Waals surface area contributed by atoms with Crippen molar-refractivity contribution in [3.05, 3.63) is 86.2 Å². The average Bonchev–Trinajstić information content (AvgIpc) is 2.78. The number of nitrogens with zero attached hydrogens (tertiary/aromatic N) is 4. The zero-order valence-corrected chi connectivity index (χ0v) is 18.5. The van der Waals surface area contributed by atoms with E-state index in [4.69, 9.17) is 11.6 Å². The van der Waals surface area contributed by atoms with Crippen LogP contribution >= 0.6 is 27.5 Å². The molecular weight excluding hydrogens is 468 g/mol. The summed E-state index contributed by atoms with van der Waals surface area (Å²) in [6, 6.07) is 16.9. The third-order valence-corrected chi connectivity index (χ3v) is 6.03. The number of aromatic nitrogens is 2. The second-order valence-electron chi connectivity index (χ2n) is 7.07. The maximum Gasteiger partial charge on any atom is 0.292 e. The quantitative estimate of drug-likeness (QED) is 0.565. The molecule has 0 saturated carbocycles. The van der Waals surface area contributed by atoms with Gasteiger partial charge >= 0.3 is 0 Å². The van der Waals surface area contributed by atoms with Gasteiger partial charge in [0.05, 0.1) is 24.0 Å². The minimum Gasteiger partial charge on any atom is -0.365 e. The van der Waals surface area contributed by atoms with Crippen molar-refractivity contribution in [3.8, 4) is 5.69 Å². The van der Waals surface area contributed by atoms with Gasteiger partial charge in [-0.1, -0.05) is 57.9 Å². The molecule has 1 aliphatic heterocycles.